The fraction of sp³-hybridized carbons (Fsp3) is 0.286. The number of nitriles is 1. The van der Waals surface area contributed by atoms with Crippen LogP contribution in [0.15, 0.2) is 58.6 Å². The molecular weight excluding hydrogens is 434 g/mol. The standard InChI is InChI=1S/C21H21N5O3S2/c1-16-7-8-18(31(27,28)25-10-12-29-13-11-25)15-19(16)20-23-24-21(30-14-9-22)26(20)17-5-3-2-4-6-17/h2-8,15H,10-14H2,1H3. The molecule has 4 rings (SSSR count). The van der Waals surface area contributed by atoms with Crippen molar-refractivity contribution in [2.24, 2.45) is 0 Å². The van der Waals surface area contributed by atoms with Gasteiger partial charge in [0.15, 0.2) is 11.0 Å². The van der Waals surface area contributed by atoms with Crippen LogP contribution in [0.2, 0.25) is 0 Å². The summed E-state index contributed by atoms with van der Waals surface area (Å²) in [6.45, 7) is 3.35. The minimum absolute atomic E-state index is 0.212. The van der Waals surface area contributed by atoms with Crippen molar-refractivity contribution in [2.45, 2.75) is 17.0 Å². The minimum Gasteiger partial charge on any atom is -0.379 e. The number of aryl methyl sites for hydroxylation is 1. The summed E-state index contributed by atoms with van der Waals surface area (Å²) in [5.74, 6) is 0.762. The van der Waals surface area contributed by atoms with Gasteiger partial charge >= 0.3 is 0 Å². The van der Waals surface area contributed by atoms with Crippen molar-refractivity contribution in [2.75, 3.05) is 32.1 Å². The van der Waals surface area contributed by atoms with Gasteiger partial charge in [-0.2, -0.15) is 9.57 Å². The minimum atomic E-state index is -3.65. The van der Waals surface area contributed by atoms with Crippen LogP contribution >= 0.6 is 11.8 Å². The second-order valence-corrected chi connectivity index (χ2v) is 9.80. The molecule has 1 aromatic heterocycles. The Labute approximate surface area is 185 Å². The van der Waals surface area contributed by atoms with Gasteiger partial charge in [0, 0.05) is 24.3 Å². The number of morpholine rings is 1. The van der Waals surface area contributed by atoms with Crippen LogP contribution in [0.1, 0.15) is 5.56 Å². The van der Waals surface area contributed by atoms with E-state index in [2.05, 4.69) is 16.3 Å². The van der Waals surface area contributed by atoms with Crippen LogP contribution in [0, 0.1) is 18.3 Å². The predicted octanol–water partition coefficient (Wildman–Crippen LogP) is 2.88. The Morgan fingerprint density at radius 3 is 2.58 bits per heavy atom. The van der Waals surface area contributed by atoms with Crippen molar-refractivity contribution in [3.05, 3.63) is 54.1 Å². The number of nitrogens with zero attached hydrogens (tertiary/aromatic N) is 5. The lowest BCUT2D eigenvalue weighted by Gasteiger charge is -2.26. The molecule has 0 saturated carbocycles. The summed E-state index contributed by atoms with van der Waals surface area (Å²) in [7, 11) is -3.65. The Bertz CT molecular complexity index is 1210. The Balaban J connectivity index is 1.82. The van der Waals surface area contributed by atoms with Crippen LogP contribution in [-0.2, 0) is 14.8 Å². The van der Waals surface area contributed by atoms with Crippen molar-refractivity contribution in [1.29, 1.82) is 5.26 Å². The van der Waals surface area contributed by atoms with Crippen molar-refractivity contribution in [1.82, 2.24) is 19.1 Å². The first-order chi connectivity index (χ1) is 15.0. The van der Waals surface area contributed by atoms with E-state index in [0.29, 0.717) is 42.8 Å². The molecule has 0 atom stereocenters. The summed E-state index contributed by atoms with van der Waals surface area (Å²) in [6, 6.07) is 16.7. The molecule has 10 heteroatoms. The average Bonchev–Trinajstić information content (AvgIpc) is 3.22. The fourth-order valence-corrected chi connectivity index (χ4v) is 5.43. The lowest BCUT2D eigenvalue weighted by molar-refractivity contribution is 0.0730. The van der Waals surface area contributed by atoms with Gasteiger partial charge in [-0.25, -0.2) is 8.42 Å². The van der Waals surface area contributed by atoms with E-state index in [1.54, 1.807) is 18.2 Å². The number of hydrogen-bond acceptors (Lipinski definition) is 7. The largest absolute Gasteiger partial charge is 0.379 e. The highest BCUT2D eigenvalue weighted by Crippen LogP contribution is 2.31. The Kier molecular flexibility index (Phi) is 6.38. The smallest absolute Gasteiger partial charge is 0.243 e. The highest BCUT2D eigenvalue weighted by atomic mass is 32.2. The molecule has 31 heavy (non-hydrogen) atoms. The number of benzene rings is 2. The molecule has 0 spiro atoms. The van der Waals surface area contributed by atoms with E-state index in [4.69, 9.17) is 10.00 Å². The van der Waals surface area contributed by atoms with Crippen LogP contribution in [0.4, 0.5) is 0 Å². The summed E-state index contributed by atoms with van der Waals surface area (Å²) < 4.78 is 34.9. The van der Waals surface area contributed by atoms with Gasteiger partial charge in [0.05, 0.1) is 29.9 Å². The van der Waals surface area contributed by atoms with Crippen LogP contribution < -0.4 is 0 Å². The number of ether oxygens (including phenoxy) is 1. The molecule has 0 N–H and O–H groups in total. The molecule has 0 unspecified atom stereocenters. The molecular formula is C21H21N5O3S2. The molecule has 0 radical (unpaired) electrons. The lowest BCUT2D eigenvalue weighted by Crippen LogP contribution is -2.40. The molecule has 3 aromatic rings. The maximum absolute atomic E-state index is 13.2. The van der Waals surface area contributed by atoms with Crippen molar-refractivity contribution in [3.63, 3.8) is 0 Å². The summed E-state index contributed by atoms with van der Waals surface area (Å²) in [5.41, 5.74) is 2.39. The quantitative estimate of drug-likeness (QED) is 0.527. The van der Waals surface area contributed by atoms with E-state index in [1.165, 1.54) is 16.1 Å². The van der Waals surface area contributed by atoms with Crippen LogP contribution in [0.25, 0.3) is 17.1 Å². The highest BCUT2D eigenvalue weighted by Gasteiger charge is 2.28. The van der Waals surface area contributed by atoms with Gasteiger partial charge in [-0.1, -0.05) is 36.0 Å². The first-order valence-electron chi connectivity index (χ1n) is 9.72. The normalized spacial score (nSPS) is 15.0. The van der Waals surface area contributed by atoms with E-state index in [9.17, 15) is 8.42 Å². The number of para-hydroxylation sites is 1. The Morgan fingerprint density at radius 1 is 1.13 bits per heavy atom. The first kappa shape index (κ1) is 21.5. The summed E-state index contributed by atoms with van der Waals surface area (Å²) in [6.07, 6.45) is 0. The van der Waals surface area contributed by atoms with E-state index < -0.39 is 10.0 Å². The van der Waals surface area contributed by atoms with Crippen LogP contribution in [0.5, 0.6) is 0 Å². The maximum atomic E-state index is 13.2. The molecule has 1 fully saturated rings. The third-order valence-corrected chi connectivity index (χ3v) is 7.66. The molecule has 1 aliphatic heterocycles. The van der Waals surface area contributed by atoms with Crippen LogP contribution in [-0.4, -0.2) is 59.5 Å². The van der Waals surface area contributed by atoms with E-state index in [0.717, 1.165) is 11.3 Å². The molecule has 8 nitrogen and oxygen atoms in total. The van der Waals surface area contributed by atoms with Gasteiger partial charge in [-0.15, -0.1) is 10.2 Å². The summed E-state index contributed by atoms with van der Waals surface area (Å²) in [4.78, 5) is 0.212. The second-order valence-electron chi connectivity index (χ2n) is 6.92. The Morgan fingerprint density at radius 2 is 1.87 bits per heavy atom. The highest BCUT2D eigenvalue weighted by molar-refractivity contribution is 7.99. The van der Waals surface area contributed by atoms with Gasteiger partial charge in [0.2, 0.25) is 10.0 Å². The molecule has 1 saturated heterocycles. The van der Waals surface area contributed by atoms with E-state index in [1.807, 2.05) is 41.8 Å². The van der Waals surface area contributed by atoms with Crippen molar-refractivity contribution >= 4 is 21.8 Å². The van der Waals surface area contributed by atoms with Gasteiger partial charge in [-0.3, -0.25) is 4.57 Å². The maximum Gasteiger partial charge on any atom is 0.243 e. The molecule has 2 aromatic carbocycles. The third-order valence-electron chi connectivity index (χ3n) is 4.97. The number of aromatic nitrogens is 3. The monoisotopic (exact) mass is 455 g/mol. The zero-order valence-corrected chi connectivity index (χ0v) is 18.6. The molecule has 0 aliphatic carbocycles. The fourth-order valence-electron chi connectivity index (χ4n) is 3.38. The Hall–Kier alpha value is -2.71. The van der Waals surface area contributed by atoms with Gasteiger partial charge in [0.1, 0.15) is 0 Å². The van der Waals surface area contributed by atoms with E-state index >= 15 is 0 Å². The predicted molar refractivity (Wildman–Crippen MR) is 117 cm³/mol. The molecule has 1 aliphatic rings. The van der Waals surface area contributed by atoms with Gasteiger partial charge in [0.25, 0.3) is 0 Å². The average molecular weight is 456 g/mol. The zero-order valence-electron chi connectivity index (χ0n) is 16.9. The van der Waals surface area contributed by atoms with Gasteiger partial charge < -0.3 is 4.74 Å². The third kappa shape index (κ3) is 4.36. The molecule has 2 heterocycles. The lowest BCUT2D eigenvalue weighted by atomic mass is 10.1. The summed E-state index contributed by atoms with van der Waals surface area (Å²) >= 11 is 1.28. The number of rotatable bonds is 6. The topological polar surface area (TPSA) is 101 Å². The molecule has 160 valence electrons. The van der Waals surface area contributed by atoms with Crippen molar-refractivity contribution < 1.29 is 13.2 Å². The van der Waals surface area contributed by atoms with E-state index in [-0.39, 0.29) is 10.6 Å². The summed E-state index contributed by atoms with van der Waals surface area (Å²) in [5, 5.41) is 18.2. The number of thioether (sulfide) groups is 1. The van der Waals surface area contributed by atoms with Gasteiger partial charge in [-0.05, 0) is 36.8 Å². The SMILES string of the molecule is Cc1ccc(S(=O)(=O)N2CCOCC2)cc1-c1nnc(SCC#N)n1-c1ccccc1. The molecule has 0 bridgehead atoms. The first-order valence-corrected chi connectivity index (χ1v) is 12.1. The van der Waals surface area contributed by atoms with Crippen LogP contribution in [0.3, 0.4) is 0 Å². The number of sulfonamides is 1. The number of hydrogen-bond donors (Lipinski definition) is 0. The van der Waals surface area contributed by atoms with Crippen molar-refractivity contribution in [3.8, 4) is 23.1 Å². The molecule has 0 amide bonds. The second kappa shape index (κ2) is 9.20. The zero-order chi connectivity index (χ0) is 21.8.